The molecule has 6 heteroatoms. The number of hydrogen-bond donors (Lipinski definition) is 0. The van der Waals surface area contributed by atoms with Crippen LogP contribution in [0, 0.1) is 10.1 Å². The summed E-state index contributed by atoms with van der Waals surface area (Å²) in [5, 5.41) is 11.4. The van der Waals surface area contributed by atoms with Crippen LogP contribution in [0.1, 0.15) is 5.56 Å². The highest BCUT2D eigenvalue weighted by Gasteiger charge is 2.15. The number of rotatable bonds is 5. The summed E-state index contributed by atoms with van der Waals surface area (Å²) in [6.07, 6.45) is 0. The molecule has 0 aliphatic heterocycles. The molecule has 0 saturated carbocycles. The Balaban J connectivity index is 2.98. The van der Waals surface area contributed by atoms with Crippen molar-refractivity contribution in [2.24, 2.45) is 0 Å². The van der Waals surface area contributed by atoms with Crippen molar-refractivity contribution in [1.82, 2.24) is 0 Å². The van der Waals surface area contributed by atoms with E-state index in [-0.39, 0.29) is 17.3 Å². The Hall–Kier alpha value is -0.810. The molecule has 1 aromatic carbocycles. The summed E-state index contributed by atoms with van der Waals surface area (Å²) in [5.74, 6) is 0.521. The molecule has 0 atom stereocenters. The van der Waals surface area contributed by atoms with E-state index in [1.54, 1.807) is 12.1 Å². The molecule has 0 amide bonds. The predicted octanol–water partition coefficient (Wildman–Crippen LogP) is 3.11. The second-order valence-corrected chi connectivity index (χ2v) is 3.79. The van der Waals surface area contributed by atoms with Crippen molar-refractivity contribution in [2.75, 3.05) is 11.9 Å². The van der Waals surface area contributed by atoms with Crippen molar-refractivity contribution in [2.45, 2.75) is 5.88 Å². The topological polar surface area (TPSA) is 52.4 Å². The molecular formula is C9H9BrClNO3. The van der Waals surface area contributed by atoms with Gasteiger partial charge in [-0.15, -0.1) is 11.6 Å². The molecule has 0 spiro atoms. The SMILES string of the molecule is O=[N+]([O-])c1cc(CCl)ccc1OCCBr. The van der Waals surface area contributed by atoms with E-state index in [1.807, 2.05) is 0 Å². The lowest BCUT2D eigenvalue weighted by atomic mass is 10.2. The lowest BCUT2D eigenvalue weighted by Gasteiger charge is -2.05. The number of ether oxygens (including phenoxy) is 1. The summed E-state index contributed by atoms with van der Waals surface area (Å²) in [4.78, 5) is 10.3. The standard InChI is InChI=1S/C9H9BrClNO3/c10-3-4-15-9-2-1-7(6-11)5-8(9)12(13)14/h1-2,5H,3-4,6H2. The van der Waals surface area contributed by atoms with Gasteiger partial charge >= 0.3 is 5.69 Å². The molecule has 0 aliphatic rings. The Kier molecular flexibility index (Phi) is 4.84. The molecule has 82 valence electrons. The van der Waals surface area contributed by atoms with E-state index in [2.05, 4.69) is 15.9 Å². The molecule has 0 fully saturated rings. The van der Waals surface area contributed by atoms with Crippen LogP contribution in [0.2, 0.25) is 0 Å². The first-order valence-electron chi connectivity index (χ1n) is 4.21. The lowest BCUT2D eigenvalue weighted by Crippen LogP contribution is -2.01. The van der Waals surface area contributed by atoms with Gasteiger partial charge in [0.25, 0.3) is 0 Å². The quantitative estimate of drug-likeness (QED) is 0.476. The predicted molar refractivity (Wildman–Crippen MR) is 61.9 cm³/mol. The van der Waals surface area contributed by atoms with Crippen molar-refractivity contribution < 1.29 is 9.66 Å². The normalized spacial score (nSPS) is 10.0. The third kappa shape index (κ3) is 3.35. The number of halogens is 2. The molecule has 0 saturated heterocycles. The Morgan fingerprint density at radius 1 is 1.53 bits per heavy atom. The van der Waals surface area contributed by atoms with Gasteiger partial charge in [0.2, 0.25) is 0 Å². The van der Waals surface area contributed by atoms with Gasteiger partial charge in [-0.25, -0.2) is 0 Å². The molecular weight excluding hydrogens is 285 g/mol. The highest BCUT2D eigenvalue weighted by Crippen LogP contribution is 2.28. The first-order valence-corrected chi connectivity index (χ1v) is 5.86. The fourth-order valence-corrected chi connectivity index (χ4v) is 1.39. The van der Waals surface area contributed by atoms with E-state index in [4.69, 9.17) is 16.3 Å². The van der Waals surface area contributed by atoms with Crippen LogP contribution >= 0.6 is 27.5 Å². The molecule has 0 bridgehead atoms. The van der Waals surface area contributed by atoms with Gasteiger partial charge in [-0.05, 0) is 11.6 Å². The molecule has 1 aromatic rings. The van der Waals surface area contributed by atoms with Crippen LogP contribution in [0.25, 0.3) is 0 Å². The zero-order valence-corrected chi connectivity index (χ0v) is 10.1. The number of nitro groups is 1. The van der Waals surface area contributed by atoms with E-state index < -0.39 is 4.92 Å². The highest BCUT2D eigenvalue weighted by atomic mass is 79.9. The first kappa shape index (κ1) is 12.3. The van der Waals surface area contributed by atoms with Gasteiger partial charge in [-0.1, -0.05) is 22.0 Å². The lowest BCUT2D eigenvalue weighted by molar-refractivity contribution is -0.385. The molecule has 4 nitrogen and oxygen atoms in total. The summed E-state index contributed by atoms with van der Waals surface area (Å²) >= 11 is 8.77. The molecule has 0 heterocycles. The number of alkyl halides is 2. The minimum atomic E-state index is -0.473. The summed E-state index contributed by atoms with van der Waals surface area (Å²) in [6, 6.07) is 4.71. The Morgan fingerprint density at radius 2 is 2.27 bits per heavy atom. The smallest absolute Gasteiger partial charge is 0.311 e. The van der Waals surface area contributed by atoms with Gasteiger partial charge in [0, 0.05) is 17.3 Å². The molecule has 0 aromatic heterocycles. The van der Waals surface area contributed by atoms with Gasteiger partial charge in [0.1, 0.15) is 0 Å². The van der Waals surface area contributed by atoms with Gasteiger partial charge in [0.05, 0.1) is 11.5 Å². The Labute approximate surface area is 100 Å². The van der Waals surface area contributed by atoms with Gasteiger partial charge < -0.3 is 4.74 Å². The van der Waals surface area contributed by atoms with Crippen molar-refractivity contribution in [3.63, 3.8) is 0 Å². The fourth-order valence-electron chi connectivity index (χ4n) is 1.06. The molecule has 15 heavy (non-hydrogen) atoms. The molecule has 0 radical (unpaired) electrons. The Bertz CT molecular complexity index is 359. The van der Waals surface area contributed by atoms with Crippen LogP contribution in [-0.4, -0.2) is 16.9 Å². The zero-order chi connectivity index (χ0) is 11.3. The maximum Gasteiger partial charge on any atom is 0.311 e. The van der Waals surface area contributed by atoms with E-state index >= 15 is 0 Å². The van der Waals surface area contributed by atoms with Crippen LogP contribution in [-0.2, 0) is 5.88 Å². The van der Waals surface area contributed by atoms with Crippen molar-refractivity contribution in [1.29, 1.82) is 0 Å². The van der Waals surface area contributed by atoms with Crippen LogP contribution in [0.15, 0.2) is 18.2 Å². The third-order valence-electron chi connectivity index (χ3n) is 1.71. The summed E-state index contributed by atoms with van der Waals surface area (Å²) in [7, 11) is 0. The minimum Gasteiger partial charge on any atom is -0.486 e. The average molecular weight is 295 g/mol. The summed E-state index contributed by atoms with van der Waals surface area (Å²) < 4.78 is 5.22. The van der Waals surface area contributed by atoms with Crippen LogP contribution in [0.5, 0.6) is 5.75 Å². The van der Waals surface area contributed by atoms with Crippen LogP contribution in [0.4, 0.5) is 5.69 Å². The largest absolute Gasteiger partial charge is 0.486 e. The number of nitro benzene ring substituents is 1. The van der Waals surface area contributed by atoms with E-state index in [0.29, 0.717) is 17.5 Å². The molecule has 0 N–H and O–H groups in total. The summed E-state index contributed by atoms with van der Waals surface area (Å²) in [5.41, 5.74) is 0.656. The molecule has 0 unspecified atom stereocenters. The number of hydrogen-bond acceptors (Lipinski definition) is 3. The van der Waals surface area contributed by atoms with Crippen molar-refractivity contribution >= 4 is 33.2 Å². The van der Waals surface area contributed by atoms with E-state index in [1.165, 1.54) is 6.07 Å². The average Bonchev–Trinajstić information content (AvgIpc) is 2.26. The van der Waals surface area contributed by atoms with E-state index in [0.717, 1.165) is 0 Å². The maximum atomic E-state index is 10.7. The second-order valence-electron chi connectivity index (χ2n) is 2.73. The molecule has 1 rings (SSSR count). The van der Waals surface area contributed by atoms with Crippen LogP contribution in [0.3, 0.4) is 0 Å². The summed E-state index contributed by atoms with van der Waals surface area (Å²) in [6.45, 7) is 0.390. The zero-order valence-electron chi connectivity index (χ0n) is 7.78. The van der Waals surface area contributed by atoms with Gasteiger partial charge in [-0.2, -0.15) is 0 Å². The maximum absolute atomic E-state index is 10.7. The third-order valence-corrected chi connectivity index (χ3v) is 2.34. The van der Waals surface area contributed by atoms with Gasteiger partial charge in [0.15, 0.2) is 5.75 Å². The van der Waals surface area contributed by atoms with Crippen molar-refractivity contribution in [3.8, 4) is 5.75 Å². The van der Waals surface area contributed by atoms with Crippen LogP contribution < -0.4 is 4.74 Å². The van der Waals surface area contributed by atoms with E-state index in [9.17, 15) is 10.1 Å². The first-order chi connectivity index (χ1) is 7.19. The Morgan fingerprint density at radius 3 is 2.80 bits per heavy atom. The highest BCUT2D eigenvalue weighted by molar-refractivity contribution is 9.09. The number of benzene rings is 1. The monoisotopic (exact) mass is 293 g/mol. The van der Waals surface area contributed by atoms with Gasteiger partial charge in [-0.3, -0.25) is 10.1 Å². The fraction of sp³-hybridized carbons (Fsp3) is 0.333. The van der Waals surface area contributed by atoms with Crippen molar-refractivity contribution in [3.05, 3.63) is 33.9 Å². The second kappa shape index (κ2) is 5.92. The molecule has 0 aliphatic carbocycles. The number of nitrogens with zero attached hydrogens (tertiary/aromatic N) is 1. The minimum absolute atomic E-state index is 0.0471.